The van der Waals surface area contributed by atoms with Crippen LogP contribution in [0.3, 0.4) is 0 Å². The normalized spacial score (nSPS) is 10.8. The first kappa shape index (κ1) is 17.6. The number of hydrogen-bond acceptors (Lipinski definition) is 6. The number of tetrazole rings is 1. The van der Waals surface area contributed by atoms with E-state index >= 15 is 0 Å². The predicted molar refractivity (Wildman–Crippen MR) is 90.6 cm³/mol. The number of carbonyl (C=O) groups excluding carboxylic acids is 1. The van der Waals surface area contributed by atoms with Gasteiger partial charge in [-0.25, -0.2) is 9.87 Å². The van der Waals surface area contributed by atoms with E-state index in [4.69, 9.17) is 10.9 Å². The van der Waals surface area contributed by atoms with Crippen molar-refractivity contribution in [1.29, 1.82) is 0 Å². The van der Waals surface area contributed by atoms with Crippen molar-refractivity contribution in [3.05, 3.63) is 64.5 Å². The van der Waals surface area contributed by atoms with E-state index in [1.807, 2.05) is 24.3 Å². The molecule has 0 aliphatic carbocycles. The summed E-state index contributed by atoms with van der Waals surface area (Å²) in [5.41, 5.74) is 9.72. The van der Waals surface area contributed by atoms with E-state index in [1.165, 1.54) is 16.3 Å². The monoisotopic (exact) mass is 356 g/mol. The molecule has 3 rings (SSSR count). The highest BCUT2D eigenvalue weighted by Gasteiger charge is 2.15. The van der Waals surface area contributed by atoms with E-state index in [9.17, 15) is 9.18 Å². The van der Waals surface area contributed by atoms with Crippen LogP contribution in [0.2, 0.25) is 0 Å². The van der Waals surface area contributed by atoms with Gasteiger partial charge in [-0.15, -0.1) is 10.2 Å². The van der Waals surface area contributed by atoms with Gasteiger partial charge < -0.3 is 5.73 Å². The molecule has 1 heterocycles. The maximum Gasteiger partial charge on any atom is 0.274 e. The van der Waals surface area contributed by atoms with Gasteiger partial charge >= 0.3 is 0 Å². The highest BCUT2D eigenvalue weighted by atomic mass is 19.1. The first-order valence-corrected chi connectivity index (χ1v) is 7.82. The van der Waals surface area contributed by atoms with Crippen LogP contribution in [0.15, 0.2) is 36.4 Å². The van der Waals surface area contributed by atoms with E-state index in [0.29, 0.717) is 23.5 Å². The average molecular weight is 356 g/mol. The number of aryl methyl sites for hydroxylation is 1. The Kier molecular flexibility index (Phi) is 5.01. The van der Waals surface area contributed by atoms with Crippen LogP contribution in [0.1, 0.15) is 27.0 Å². The minimum Gasteiger partial charge on any atom is -0.326 e. The molecule has 0 aliphatic heterocycles. The molecule has 9 heteroatoms. The van der Waals surface area contributed by atoms with Crippen molar-refractivity contribution in [2.75, 3.05) is 0 Å². The second-order valence-electron chi connectivity index (χ2n) is 5.74. The fraction of sp³-hybridized carbons (Fsp3) is 0.176. The molecule has 4 N–H and O–H groups in total. The third-order valence-corrected chi connectivity index (χ3v) is 3.98. The van der Waals surface area contributed by atoms with Crippen LogP contribution in [0, 0.1) is 12.7 Å². The van der Waals surface area contributed by atoms with Crippen LogP contribution in [0.4, 0.5) is 4.39 Å². The van der Waals surface area contributed by atoms with Crippen molar-refractivity contribution in [1.82, 2.24) is 25.7 Å². The van der Waals surface area contributed by atoms with Gasteiger partial charge in [-0.3, -0.25) is 10.0 Å². The highest BCUT2D eigenvalue weighted by Crippen LogP contribution is 2.18. The number of aromatic nitrogens is 4. The van der Waals surface area contributed by atoms with Gasteiger partial charge in [0.15, 0.2) is 0 Å². The molecular formula is C17H17FN6O2. The summed E-state index contributed by atoms with van der Waals surface area (Å²) in [5, 5.41) is 20.9. The molecule has 2 aromatic carbocycles. The third kappa shape index (κ3) is 3.58. The Labute approximate surface area is 148 Å². The number of halogens is 1. The number of rotatable bonds is 5. The Bertz CT molecular complexity index is 916. The smallest absolute Gasteiger partial charge is 0.274 e. The number of hydroxylamine groups is 1. The van der Waals surface area contributed by atoms with E-state index in [0.717, 1.165) is 17.2 Å². The van der Waals surface area contributed by atoms with Crippen molar-refractivity contribution < 1.29 is 14.4 Å². The summed E-state index contributed by atoms with van der Waals surface area (Å²) in [5.74, 6) is -0.946. The standard InChI is InChI=1S/C17H17FN6O2/c1-10-6-13(17(25)22-26)7-15(18)14(10)9-24-21-16(20-23-24)12-4-2-11(8-19)3-5-12/h2-7,26H,8-9,19H2,1H3,(H,22,25). The molecular weight excluding hydrogens is 339 g/mol. The zero-order valence-electron chi connectivity index (χ0n) is 14.0. The van der Waals surface area contributed by atoms with Crippen molar-refractivity contribution >= 4 is 5.91 Å². The first-order chi connectivity index (χ1) is 12.5. The minimum atomic E-state index is -0.777. The minimum absolute atomic E-state index is 0.0264. The molecule has 1 aromatic heterocycles. The Balaban J connectivity index is 1.83. The van der Waals surface area contributed by atoms with Gasteiger partial charge in [0, 0.05) is 23.2 Å². The van der Waals surface area contributed by atoms with Crippen molar-refractivity contribution in [2.24, 2.45) is 5.73 Å². The van der Waals surface area contributed by atoms with Crippen molar-refractivity contribution in [3.63, 3.8) is 0 Å². The number of hydrogen-bond donors (Lipinski definition) is 3. The lowest BCUT2D eigenvalue weighted by Gasteiger charge is -2.08. The molecule has 8 nitrogen and oxygen atoms in total. The lowest BCUT2D eigenvalue weighted by atomic mass is 10.0. The van der Waals surface area contributed by atoms with E-state index in [1.54, 1.807) is 6.92 Å². The van der Waals surface area contributed by atoms with Crippen LogP contribution in [0.5, 0.6) is 0 Å². The average Bonchev–Trinajstić information content (AvgIpc) is 3.12. The molecule has 134 valence electrons. The number of nitrogens with two attached hydrogens (primary N) is 1. The first-order valence-electron chi connectivity index (χ1n) is 7.82. The maximum absolute atomic E-state index is 14.3. The molecule has 0 saturated carbocycles. The Hall–Kier alpha value is -3.17. The van der Waals surface area contributed by atoms with Gasteiger partial charge in [0.1, 0.15) is 5.82 Å². The molecule has 0 radical (unpaired) electrons. The summed E-state index contributed by atoms with van der Waals surface area (Å²) in [6.07, 6.45) is 0. The van der Waals surface area contributed by atoms with Gasteiger partial charge in [-0.05, 0) is 35.4 Å². The van der Waals surface area contributed by atoms with Gasteiger partial charge in [-0.1, -0.05) is 24.3 Å². The van der Waals surface area contributed by atoms with Crippen LogP contribution < -0.4 is 11.2 Å². The second-order valence-corrected chi connectivity index (χ2v) is 5.74. The summed E-state index contributed by atoms with van der Waals surface area (Å²) in [6, 6.07) is 9.98. The van der Waals surface area contributed by atoms with Crippen LogP contribution in [-0.4, -0.2) is 31.3 Å². The summed E-state index contributed by atoms with van der Waals surface area (Å²) >= 11 is 0. The van der Waals surface area contributed by atoms with Crippen LogP contribution >= 0.6 is 0 Å². The Morgan fingerprint density at radius 3 is 2.65 bits per heavy atom. The molecule has 0 aliphatic rings. The zero-order valence-corrected chi connectivity index (χ0v) is 14.0. The van der Waals surface area contributed by atoms with Gasteiger partial charge in [-0.2, -0.15) is 4.80 Å². The molecule has 26 heavy (non-hydrogen) atoms. The summed E-state index contributed by atoms with van der Waals surface area (Å²) in [6.45, 7) is 2.17. The molecule has 0 fully saturated rings. The molecule has 0 spiro atoms. The number of nitrogens with zero attached hydrogens (tertiary/aromatic N) is 4. The number of amides is 1. The van der Waals surface area contributed by atoms with Crippen molar-refractivity contribution in [3.8, 4) is 11.4 Å². The third-order valence-electron chi connectivity index (χ3n) is 3.98. The SMILES string of the molecule is Cc1cc(C(=O)NO)cc(F)c1Cn1nnc(-c2ccc(CN)cc2)n1. The van der Waals surface area contributed by atoms with Gasteiger partial charge in [0.25, 0.3) is 5.91 Å². The molecule has 0 bridgehead atoms. The molecule has 0 atom stereocenters. The Morgan fingerprint density at radius 1 is 1.31 bits per heavy atom. The lowest BCUT2D eigenvalue weighted by Crippen LogP contribution is -2.19. The fourth-order valence-corrected chi connectivity index (χ4v) is 2.53. The molecule has 1 amide bonds. The van der Waals surface area contributed by atoms with Crippen molar-refractivity contribution in [2.45, 2.75) is 20.0 Å². The molecule has 3 aromatic rings. The molecule has 0 saturated heterocycles. The number of benzene rings is 2. The van der Waals surface area contributed by atoms with Gasteiger partial charge in [0.05, 0.1) is 6.54 Å². The maximum atomic E-state index is 14.3. The van der Waals surface area contributed by atoms with E-state index in [2.05, 4.69) is 15.4 Å². The van der Waals surface area contributed by atoms with E-state index < -0.39 is 11.7 Å². The molecule has 0 unspecified atom stereocenters. The second kappa shape index (κ2) is 7.38. The quantitative estimate of drug-likeness (QED) is 0.470. The van der Waals surface area contributed by atoms with Gasteiger partial charge in [0.2, 0.25) is 5.82 Å². The summed E-state index contributed by atoms with van der Waals surface area (Å²) < 4.78 is 14.3. The zero-order chi connectivity index (χ0) is 18.7. The fourth-order valence-electron chi connectivity index (χ4n) is 2.53. The summed E-state index contributed by atoms with van der Waals surface area (Å²) in [4.78, 5) is 12.7. The Morgan fingerprint density at radius 2 is 2.04 bits per heavy atom. The number of carbonyl (C=O) groups is 1. The largest absolute Gasteiger partial charge is 0.326 e. The lowest BCUT2D eigenvalue weighted by molar-refractivity contribution is 0.0706. The summed E-state index contributed by atoms with van der Waals surface area (Å²) in [7, 11) is 0. The van der Waals surface area contributed by atoms with Crippen LogP contribution in [-0.2, 0) is 13.1 Å². The highest BCUT2D eigenvalue weighted by molar-refractivity contribution is 5.93. The topological polar surface area (TPSA) is 119 Å². The predicted octanol–water partition coefficient (Wildman–Crippen LogP) is 1.41. The van der Waals surface area contributed by atoms with Crippen LogP contribution in [0.25, 0.3) is 11.4 Å². The number of nitrogens with one attached hydrogen (secondary N) is 1. The van der Waals surface area contributed by atoms with E-state index in [-0.39, 0.29) is 12.1 Å².